The second kappa shape index (κ2) is 10.0. The molecule has 1 aromatic carbocycles. The van der Waals surface area contributed by atoms with Gasteiger partial charge in [-0.1, -0.05) is 39.5 Å². The van der Waals surface area contributed by atoms with Crippen LogP contribution < -0.4 is 0 Å². The van der Waals surface area contributed by atoms with E-state index in [2.05, 4.69) is 58.7 Å². The van der Waals surface area contributed by atoms with Gasteiger partial charge in [-0.3, -0.25) is 14.8 Å². The van der Waals surface area contributed by atoms with E-state index in [0.29, 0.717) is 12.0 Å². The lowest BCUT2D eigenvalue weighted by Gasteiger charge is -2.31. The van der Waals surface area contributed by atoms with Crippen molar-refractivity contribution in [3.63, 3.8) is 0 Å². The summed E-state index contributed by atoms with van der Waals surface area (Å²) in [4.78, 5) is 34.5. The maximum absolute atomic E-state index is 14.3. The fraction of sp³-hybridized carbons (Fsp3) is 0.321. The quantitative estimate of drug-likeness (QED) is 0.301. The molecule has 1 aliphatic heterocycles. The molecule has 5 rings (SSSR count). The highest BCUT2D eigenvalue weighted by molar-refractivity contribution is 7.09. The number of rotatable bonds is 6. The Morgan fingerprint density at radius 2 is 2.06 bits per heavy atom. The third kappa shape index (κ3) is 4.75. The van der Waals surface area contributed by atoms with E-state index in [9.17, 15) is 4.79 Å². The summed E-state index contributed by atoms with van der Waals surface area (Å²) >= 11 is 3.15. The number of hydrogen-bond donors (Lipinski definition) is 0. The van der Waals surface area contributed by atoms with E-state index in [1.54, 1.807) is 41.3 Å². The molecule has 1 fully saturated rings. The third-order valence-corrected chi connectivity index (χ3v) is 8.24. The Kier molecular flexibility index (Phi) is 6.81. The molecule has 3 aromatic heterocycles. The zero-order valence-electron chi connectivity index (χ0n) is 20.7. The summed E-state index contributed by atoms with van der Waals surface area (Å²) in [6.45, 7) is 10.5. The van der Waals surface area contributed by atoms with Crippen molar-refractivity contribution in [3.8, 4) is 0 Å². The van der Waals surface area contributed by atoms with Gasteiger partial charge in [0.2, 0.25) is 0 Å². The molecular weight excluding hydrogens is 486 g/mol. The minimum absolute atomic E-state index is 0.00891. The highest BCUT2D eigenvalue weighted by Gasteiger charge is 2.47. The van der Waals surface area contributed by atoms with Gasteiger partial charge < -0.3 is 4.90 Å². The van der Waals surface area contributed by atoms with Gasteiger partial charge in [0.15, 0.2) is 0 Å². The number of thiazole rings is 2. The van der Waals surface area contributed by atoms with Crippen molar-refractivity contribution in [2.24, 2.45) is 0 Å². The van der Waals surface area contributed by atoms with E-state index in [0.717, 1.165) is 28.4 Å². The van der Waals surface area contributed by atoms with Crippen molar-refractivity contribution in [3.05, 3.63) is 98.9 Å². The first-order chi connectivity index (χ1) is 17.4. The first-order valence-electron chi connectivity index (χ1n) is 12.0. The van der Waals surface area contributed by atoms with E-state index < -0.39 is 0 Å². The number of nitrogens with zero attached hydrogens (tertiary/aromatic N) is 5. The molecule has 0 aliphatic carbocycles. The molecule has 1 unspecified atom stereocenters. The van der Waals surface area contributed by atoms with E-state index in [4.69, 9.17) is 0 Å². The molecular formula is C28H29N5OS2. The Morgan fingerprint density at radius 3 is 2.69 bits per heavy atom. The van der Waals surface area contributed by atoms with E-state index >= 15 is 0 Å². The first kappa shape index (κ1) is 24.5. The Morgan fingerprint density at radius 1 is 1.19 bits per heavy atom. The molecule has 36 heavy (non-hydrogen) atoms. The molecule has 1 saturated heterocycles. The number of carbonyl (C=O) groups is 1. The molecule has 0 spiro atoms. The maximum atomic E-state index is 14.3. The molecule has 4 heterocycles. The topological polar surface area (TPSA) is 71.9 Å². The second-order valence-corrected chi connectivity index (χ2v) is 11.7. The average Bonchev–Trinajstić information content (AvgIpc) is 3.65. The zero-order valence-corrected chi connectivity index (χ0v) is 22.3. The average molecular weight is 516 g/mol. The minimum atomic E-state index is -0.229. The van der Waals surface area contributed by atoms with Crippen molar-refractivity contribution in [1.82, 2.24) is 24.8 Å². The van der Waals surface area contributed by atoms with Gasteiger partial charge in [-0.15, -0.1) is 22.7 Å². The predicted molar refractivity (Wildman–Crippen MR) is 145 cm³/mol. The van der Waals surface area contributed by atoms with Crippen LogP contribution in [-0.4, -0.2) is 36.8 Å². The summed E-state index contributed by atoms with van der Waals surface area (Å²) in [7, 11) is 0. The van der Waals surface area contributed by atoms with Crippen molar-refractivity contribution >= 4 is 34.7 Å². The molecule has 4 aromatic rings. The van der Waals surface area contributed by atoms with Crippen LogP contribution in [-0.2, 0) is 11.8 Å². The van der Waals surface area contributed by atoms with Gasteiger partial charge in [0.25, 0.3) is 5.91 Å². The number of benzene rings is 1. The van der Waals surface area contributed by atoms with E-state index in [-0.39, 0.29) is 29.3 Å². The molecule has 0 N–H and O–H groups in total. The van der Waals surface area contributed by atoms with Crippen LogP contribution in [0.15, 0.2) is 65.8 Å². The molecule has 0 saturated carbocycles. The number of likely N-dealkylation sites (tertiary alicyclic amines) is 1. The highest BCUT2D eigenvalue weighted by Crippen LogP contribution is 2.48. The van der Waals surface area contributed by atoms with E-state index in [1.165, 1.54) is 5.56 Å². The van der Waals surface area contributed by atoms with Gasteiger partial charge in [-0.05, 0) is 35.1 Å². The first-order valence-corrected chi connectivity index (χ1v) is 13.8. The van der Waals surface area contributed by atoms with Gasteiger partial charge in [0.05, 0.1) is 22.9 Å². The Hall–Kier alpha value is -3.23. The number of amides is 1. The van der Waals surface area contributed by atoms with Crippen LogP contribution in [0.5, 0.6) is 0 Å². The molecule has 1 amide bonds. The van der Waals surface area contributed by atoms with Gasteiger partial charge >= 0.3 is 0 Å². The van der Waals surface area contributed by atoms with Gasteiger partial charge in [0.1, 0.15) is 5.01 Å². The molecule has 184 valence electrons. The summed E-state index contributed by atoms with van der Waals surface area (Å²) in [6.07, 6.45) is 10.3. The molecule has 0 radical (unpaired) electrons. The zero-order chi connectivity index (χ0) is 25.3. The summed E-state index contributed by atoms with van der Waals surface area (Å²) in [5.74, 6) is -0.0180. The summed E-state index contributed by atoms with van der Waals surface area (Å²) in [5, 5.41) is 4.94. The summed E-state index contributed by atoms with van der Waals surface area (Å²) < 4.78 is 0. The van der Waals surface area contributed by atoms with Gasteiger partial charge in [-0.25, -0.2) is 9.97 Å². The largest absolute Gasteiger partial charge is 0.325 e. The van der Waals surface area contributed by atoms with Gasteiger partial charge in [0, 0.05) is 59.5 Å². The van der Waals surface area contributed by atoms with Crippen molar-refractivity contribution in [2.75, 3.05) is 0 Å². The Bertz CT molecular complexity index is 1330. The predicted octanol–water partition coefficient (Wildman–Crippen LogP) is 6.31. The Balaban J connectivity index is 1.60. The molecule has 6 nitrogen and oxygen atoms in total. The molecule has 8 heteroatoms. The maximum Gasteiger partial charge on any atom is 0.254 e. The fourth-order valence-corrected chi connectivity index (χ4v) is 6.53. The normalized spacial score (nSPS) is 20.0. The lowest BCUT2D eigenvalue weighted by molar-refractivity contribution is 0.0658. The molecule has 0 bridgehead atoms. The lowest BCUT2D eigenvalue weighted by Crippen LogP contribution is -2.39. The number of hydrogen-bond acceptors (Lipinski definition) is 7. The lowest BCUT2D eigenvalue weighted by atomic mass is 9.83. The summed E-state index contributed by atoms with van der Waals surface area (Å²) in [6, 6.07) is 5.71. The van der Waals surface area contributed by atoms with Crippen LogP contribution in [0.3, 0.4) is 0 Å². The van der Waals surface area contributed by atoms with Crippen LogP contribution in [0.25, 0.3) is 6.08 Å². The Labute approximate surface area is 219 Å². The van der Waals surface area contributed by atoms with Crippen molar-refractivity contribution in [1.29, 1.82) is 0 Å². The van der Waals surface area contributed by atoms with Crippen LogP contribution in [0.4, 0.5) is 0 Å². The van der Waals surface area contributed by atoms with Crippen molar-refractivity contribution in [2.45, 2.75) is 57.0 Å². The van der Waals surface area contributed by atoms with Gasteiger partial charge in [-0.2, -0.15) is 0 Å². The second-order valence-electron chi connectivity index (χ2n) is 10.1. The standard InChI is InChI=1S/C28H29N5OS2/c1-5-18-12-19(6-7-23(18)28(2,3)4)27(34)33-21(13-20-16-35-17-32-20)14-22(24-15-29-8-9-30-24)25(33)26-31-10-11-36-26/h5-12,15-17,21-22,25H,1,13-14H2,2-4H3/t21?,22-,25-/m1/s1. The molecule has 1 aliphatic rings. The van der Waals surface area contributed by atoms with Crippen LogP contribution >= 0.6 is 22.7 Å². The van der Waals surface area contributed by atoms with Crippen LogP contribution in [0.2, 0.25) is 0 Å². The van der Waals surface area contributed by atoms with Crippen LogP contribution in [0, 0.1) is 0 Å². The minimum Gasteiger partial charge on any atom is -0.325 e. The summed E-state index contributed by atoms with van der Waals surface area (Å²) in [5.41, 5.74) is 6.48. The monoisotopic (exact) mass is 515 g/mol. The third-order valence-electron chi connectivity index (χ3n) is 6.76. The smallest absolute Gasteiger partial charge is 0.254 e. The van der Waals surface area contributed by atoms with E-state index in [1.807, 2.05) is 40.2 Å². The van der Waals surface area contributed by atoms with Crippen LogP contribution in [0.1, 0.15) is 77.0 Å². The highest BCUT2D eigenvalue weighted by atomic mass is 32.1. The number of carbonyl (C=O) groups excluding carboxylic acids is 1. The number of aromatic nitrogens is 4. The SMILES string of the molecule is C=Cc1cc(C(=O)N2C(Cc3cscn3)C[C@H](c3cnccn3)[C@@H]2c2nccs2)ccc1C(C)(C)C. The fourth-order valence-electron chi connectivity index (χ4n) is 5.16. The van der Waals surface area contributed by atoms with Crippen molar-refractivity contribution < 1.29 is 4.79 Å². The molecule has 3 atom stereocenters.